The van der Waals surface area contributed by atoms with Crippen molar-refractivity contribution in [2.45, 2.75) is 32.8 Å². The van der Waals surface area contributed by atoms with Gasteiger partial charge in [-0.2, -0.15) is 0 Å². The molecule has 22 heavy (non-hydrogen) atoms. The van der Waals surface area contributed by atoms with Gasteiger partial charge in [-0.05, 0) is 24.5 Å². The molecule has 1 amide bonds. The average molecular weight is 305 g/mol. The minimum absolute atomic E-state index is 0.0746. The molecule has 5 nitrogen and oxygen atoms in total. The zero-order valence-electron chi connectivity index (χ0n) is 13.3. The van der Waals surface area contributed by atoms with Crippen molar-refractivity contribution < 1.29 is 19.1 Å². The van der Waals surface area contributed by atoms with Crippen molar-refractivity contribution >= 4 is 16.9 Å². The lowest BCUT2D eigenvalue weighted by molar-refractivity contribution is -0.120. The first-order valence-electron chi connectivity index (χ1n) is 7.50. The van der Waals surface area contributed by atoms with Crippen molar-refractivity contribution in [2.24, 2.45) is 5.92 Å². The van der Waals surface area contributed by atoms with Crippen molar-refractivity contribution in [1.82, 2.24) is 5.32 Å². The second kappa shape index (κ2) is 7.31. The molecule has 1 unspecified atom stereocenters. The fraction of sp³-hybridized carbons (Fsp3) is 0.471. The van der Waals surface area contributed by atoms with Gasteiger partial charge in [-0.3, -0.25) is 4.79 Å². The number of nitrogens with one attached hydrogen (secondary N) is 1. The smallest absolute Gasteiger partial charge is 0.224 e. The van der Waals surface area contributed by atoms with Crippen molar-refractivity contribution in [1.29, 1.82) is 0 Å². The van der Waals surface area contributed by atoms with Gasteiger partial charge in [-0.1, -0.05) is 13.8 Å². The molecule has 2 aromatic rings. The number of amides is 1. The van der Waals surface area contributed by atoms with Gasteiger partial charge in [0, 0.05) is 23.6 Å². The molecule has 1 heterocycles. The lowest BCUT2D eigenvalue weighted by Crippen LogP contribution is -2.29. The Morgan fingerprint density at radius 3 is 2.86 bits per heavy atom. The highest BCUT2D eigenvalue weighted by Crippen LogP contribution is 2.25. The number of rotatable bonds is 7. The van der Waals surface area contributed by atoms with Crippen LogP contribution >= 0.6 is 0 Å². The first-order valence-corrected chi connectivity index (χ1v) is 7.50. The predicted molar refractivity (Wildman–Crippen MR) is 84.9 cm³/mol. The Balaban J connectivity index is 1.92. The normalized spacial score (nSPS) is 12.6. The molecular weight excluding hydrogens is 282 g/mol. The summed E-state index contributed by atoms with van der Waals surface area (Å²) < 4.78 is 10.6. The van der Waals surface area contributed by atoms with Gasteiger partial charge >= 0.3 is 0 Å². The van der Waals surface area contributed by atoms with E-state index in [2.05, 4.69) is 5.32 Å². The van der Waals surface area contributed by atoms with Gasteiger partial charge in [-0.25, -0.2) is 0 Å². The highest BCUT2D eigenvalue weighted by atomic mass is 16.5. The van der Waals surface area contributed by atoms with E-state index in [0.717, 1.165) is 16.7 Å². The molecule has 2 rings (SSSR count). The van der Waals surface area contributed by atoms with Crippen molar-refractivity contribution in [3.05, 3.63) is 30.0 Å². The first-order chi connectivity index (χ1) is 10.5. The van der Waals surface area contributed by atoms with E-state index in [9.17, 15) is 9.90 Å². The summed E-state index contributed by atoms with van der Waals surface area (Å²) in [5.41, 5.74) is 1.55. The first kappa shape index (κ1) is 16.4. The molecule has 0 saturated heterocycles. The summed E-state index contributed by atoms with van der Waals surface area (Å²) in [7, 11) is 1.60. The summed E-state index contributed by atoms with van der Waals surface area (Å²) in [5.74, 6) is 0.847. The molecule has 0 aliphatic carbocycles. The third-order valence-corrected chi connectivity index (χ3v) is 3.75. The lowest BCUT2D eigenvalue weighted by atomic mass is 10.0. The van der Waals surface area contributed by atoms with Crippen LogP contribution in [-0.2, 0) is 11.2 Å². The summed E-state index contributed by atoms with van der Waals surface area (Å²) in [4.78, 5) is 12.0. The van der Waals surface area contributed by atoms with Crippen molar-refractivity contribution in [2.75, 3.05) is 13.7 Å². The van der Waals surface area contributed by atoms with Gasteiger partial charge in [0.2, 0.25) is 5.91 Å². The number of hydrogen-bond donors (Lipinski definition) is 2. The molecular formula is C17H23NO4. The maximum atomic E-state index is 12.0. The summed E-state index contributed by atoms with van der Waals surface area (Å²) >= 11 is 0. The van der Waals surface area contributed by atoms with Crippen LogP contribution in [-0.4, -0.2) is 30.8 Å². The molecule has 0 saturated carbocycles. The third-order valence-electron chi connectivity index (χ3n) is 3.75. The Labute approximate surface area is 130 Å². The molecule has 0 fully saturated rings. The van der Waals surface area contributed by atoms with E-state index < -0.39 is 0 Å². The van der Waals surface area contributed by atoms with Gasteiger partial charge in [0.1, 0.15) is 11.3 Å². The summed E-state index contributed by atoms with van der Waals surface area (Å²) in [6.45, 7) is 4.39. The number of methoxy groups -OCH3 is 1. The fourth-order valence-corrected chi connectivity index (χ4v) is 2.26. The molecule has 1 aromatic carbocycles. The molecule has 5 heteroatoms. The summed E-state index contributed by atoms with van der Waals surface area (Å²) in [6, 6.07) is 5.54. The Hall–Kier alpha value is -2.01. The van der Waals surface area contributed by atoms with Crippen LogP contribution in [0.25, 0.3) is 11.0 Å². The second-order valence-electron chi connectivity index (χ2n) is 5.75. The molecule has 120 valence electrons. The maximum absolute atomic E-state index is 12.0. The van der Waals surface area contributed by atoms with E-state index in [4.69, 9.17) is 9.15 Å². The largest absolute Gasteiger partial charge is 0.497 e. The number of benzene rings is 1. The average Bonchev–Trinajstić information content (AvgIpc) is 2.89. The molecule has 0 bridgehead atoms. The van der Waals surface area contributed by atoms with Crippen molar-refractivity contribution in [3.63, 3.8) is 0 Å². The number of carbonyl (C=O) groups is 1. The van der Waals surface area contributed by atoms with Crippen LogP contribution in [0.1, 0.15) is 25.8 Å². The molecule has 0 spiro atoms. The number of carbonyl (C=O) groups excluding carboxylic acids is 1. The predicted octanol–water partition coefficient (Wildman–Crippen LogP) is 2.51. The quantitative estimate of drug-likeness (QED) is 0.824. The topological polar surface area (TPSA) is 71.7 Å². The van der Waals surface area contributed by atoms with E-state index in [-0.39, 0.29) is 24.3 Å². The third kappa shape index (κ3) is 4.01. The highest BCUT2D eigenvalue weighted by Gasteiger charge is 2.12. The Morgan fingerprint density at radius 2 is 2.18 bits per heavy atom. The fourth-order valence-electron chi connectivity index (χ4n) is 2.26. The van der Waals surface area contributed by atoms with Gasteiger partial charge in [0.05, 0.1) is 25.9 Å². The number of aliphatic hydroxyl groups is 1. The van der Waals surface area contributed by atoms with E-state index >= 15 is 0 Å². The number of furan rings is 1. The number of ether oxygens (including phenoxy) is 1. The zero-order valence-corrected chi connectivity index (χ0v) is 13.3. The molecule has 0 aliphatic rings. The van der Waals surface area contributed by atoms with Gasteiger partial charge < -0.3 is 19.6 Å². The van der Waals surface area contributed by atoms with E-state index in [1.165, 1.54) is 0 Å². The molecule has 0 radical (unpaired) electrons. The van der Waals surface area contributed by atoms with Crippen LogP contribution in [0.3, 0.4) is 0 Å². The number of fused-ring (bicyclic) bond motifs is 1. The highest BCUT2D eigenvalue weighted by molar-refractivity contribution is 5.88. The maximum Gasteiger partial charge on any atom is 0.224 e. The minimum Gasteiger partial charge on any atom is -0.497 e. The lowest BCUT2D eigenvalue weighted by Gasteiger charge is -2.14. The molecule has 0 aliphatic heterocycles. The van der Waals surface area contributed by atoms with Gasteiger partial charge in [0.15, 0.2) is 0 Å². The Bertz CT molecular complexity index is 633. The number of aliphatic hydroxyl groups excluding tert-OH is 1. The Morgan fingerprint density at radius 1 is 1.41 bits per heavy atom. The summed E-state index contributed by atoms with van der Waals surface area (Å²) in [5, 5.41) is 13.5. The Kier molecular flexibility index (Phi) is 5.44. The van der Waals surface area contributed by atoms with E-state index in [1.807, 2.05) is 26.0 Å². The molecule has 1 aromatic heterocycles. The monoisotopic (exact) mass is 305 g/mol. The van der Waals surface area contributed by atoms with Crippen LogP contribution in [0, 0.1) is 5.92 Å². The summed E-state index contributed by atoms with van der Waals surface area (Å²) in [6.07, 6.45) is 2.04. The van der Waals surface area contributed by atoms with Crippen LogP contribution < -0.4 is 10.1 Å². The SMILES string of the molecule is COc1ccc2c(CC(=O)NCCC(O)C(C)C)coc2c1. The molecule has 1 atom stereocenters. The molecule has 2 N–H and O–H groups in total. The van der Waals surface area contributed by atoms with Crippen LogP contribution in [0.15, 0.2) is 28.9 Å². The standard InChI is InChI=1S/C17H23NO4/c1-11(2)15(19)6-7-18-17(20)8-12-10-22-16-9-13(21-3)4-5-14(12)16/h4-5,9-11,15,19H,6-8H2,1-3H3,(H,18,20). The van der Waals surface area contributed by atoms with Crippen molar-refractivity contribution in [3.8, 4) is 5.75 Å². The van der Waals surface area contributed by atoms with Crippen LogP contribution in [0.5, 0.6) is 5.75 Å². The van der Waals surface area contributed by atoms with Crippen LogP contribution in [0.4, 0.5) is 0 Å². The van der Waals surface area contributed by atoms with E-state index in [0.29, 0.717) is 18.5 Å². The van der Waals surface area contributed by atoms with Crippen LogP contribution in [0.2, 0.25) is 0 Å². The van der Waals surface area contributed by atoms with Gasteiger partial charge in [0.25, 0.3) is 0 Å². The zero-order chi connectivity index (χ0) is 16.1. The number of hydrogen-bond acceptors (Lipinski definition) is 4. The van der Waals surface area contributed by atoms with E-state index in [1.54, 1.807) is 19.4 Å². The van der Waals surface area contributed by atoms with Gasteiger partial charge in [-0.15, -0.1) is 0 Å². The minimum atomic E-state index is -0.387. The second-order valence-corrected chi connectivity index (χ2v) is 5.75.